The number of thioether (sulfide) groups is 1. The van der Waals surface area contributed by atoms with Gasteiger partial charge in [-0.2, -0.15) is 0 Å². The third-order valence-electron chi connectivity index (χ3n) is 4.09. The minimum atomic E-state index is 0.260. The van der Waals surface area contributed by atoms with Gasteiger partial charge in [0.1, 0.15) is 0 Å². The second-order valence-electron chi connectivity index (χ2n) is 5.81. The molecular weight excluding hydrogens is 270 g/mol. The van der Waals surface area contributed by atoms with Crippen molar-refractivity contribution in [1.29, 1.82) is 0 Å². The zero-order chi connectivity index (χ0) is 14.2. The molecule has 0 aromatic carbocycles. The highest BCUT2D eigenvalue weighted by Gasteiger charge is 2.21. The molecule has 1 heterocycles. The van der Waals surface area contributed by atoms with Crippen LogP contribution in [0.3, 0.4) is 0 Å². The fourth-order valence-electron chi connectivity index (χ4n) is 2.79. The first-order valence-corrected chi connectivity index (χ1v) is 8.80. The van der Waals surface area contributed by atoms with Crippen LogP contribution in [0.4, 0.5) is 0 Å². The van der Waals surface area contributed by atoms with Crippen molar-refractivity contribution in [3.05, 3.63) is 0 Å². The van der Waals surface area contributed by atoms with Gasteiger partial charge in [0.25, 0.3) is 0 Å². The molecule has 2 unspecified atom stereocenters. The number of aryl methyl sites for hydroxylation is 1. The van der Waals surface area contributed by atoms with E-state index in [2.05, 4.69) is 15.5 Å². The van der Waals surface area contributed by atoms with Crippen molar-refractivity contribution in [1.82, 2.24) is 20.2 Å². The molecule has 0 saturated heterocycles. The molecule has 114 valence electrons. The highest BCUT2D eigenvalue weighted by atomic mass is 32.2. The Morgan fingerprint density at radius 3 is 2.20 bits per heavy atom. The van der Waals surface area contributed by atoms with E-state index < -0.39 is 0 Å². The molecule has 1 saturated carbocycles. The Morgan fingerprint density at radius 2 is 1.60 bits per heavy atom. The van der Waals surface area contributed by atoms with E-state index in [9.17, 15) is 0 Å². The van der Waals surface area contributed by atoms with Crippen molar-refractivity contribution in [2.24, 2.45) is 12.8 Å². The smallest absolute Gasteiger partial charge is 0.209 e. The monoisotopic (exact) mass is 297 g/mol. The van der Waals surface area contributed by atoms with Crippen molar-refractivity contribution in [3.63, 3.8) is 0 Å². The molecule has 0 aliphatic heterocycles. The van der Waals surface area contributed by atoms with E-state index in [1.54, 1.807) is 16.4 Å². The van der Waals surface area contributed by atoms with Gasteiger partial charge in [0.05, 0.1) is 0 Å². The van der Waals surface area contributed by atoms with Crippen LogP contribution < -0.4 is 5.73 Å². The second-order valence-corrected chi connectivity index (χ2v) is 7.02. The van der Waals surface area contributed by atoms with E-state index in [0.29, 0.717) is 5.25 Å². The van der Waals surface area contributed by atoms with Gasteiger partial charge < -0.3 is 5.73 Å². The van der Waals surface area contributed by atoms with Gasteiger partial charge in [0.15, 0.2) is 0 Å². The molecule has 1 aromatic heterocycles. The van der Waals surface area contributed by atoms with E-state index in [-0.39, 0.29) is 6.04 Å². The van der Waals surface area contributed by atoms with Gasteiger partial charge in [-0.15, -0.1) is 5.10 Å². The van der Waals surface area contributed by atoms with Gasteiger partial charge in [-0.05, 0) is 23.3 Å². The van der Waals surface area contributed by atoms with Gasteiger partial charge in [-0.1, -0.05) is 63.1 Å². The Kier molecular flexibility index (Phi) is 6.79. The zero-order valence-corrected chi connectivity index (χ0v) is 13.3. The summed E-state index contributed by atoms with van der Waals surface area (Å²) in [5, 5.41) is 13.0. The molecule has 2 atom stereocenters. The Morgan fingerprint density at radius 1 is 1.00 bits per heavy atom. The lowest BCUT2D eigenvalue weighted by Gasteiger charge is -2.23. The van der Waals surface area contributed by atoms with Gasteiger partial charge in [-0.3, -0.25) is 0 Å². The number of hydrogen-bond acceptors (Lipinski definition) is 5. The van der Waals surface area contributed by atoms with Crippen LogP contribution in [0.2, 0.25) is 0 Å². The normalized spacial score (nSPS) is 26.7. The Hall–Kier alpha value is -0.620. The summed E-state index contributed by atoms with van der Waals surface area (Å²) >= 11 is 1.76. The topological polar surface area (TPSA) is 69.6 Å². The fourth-order valence-corrected chi connectivity index (χ4v) is 3.93. The first-order valence-electron chi connectivity index (χ1n) is 7.92. The molecule has 0 spiro atoms. The maximum atomic E-state index is 6.43. The van der Waals surface area contributed by atoms with E-state index in [0.717, 1.165) is 11.6 Å². The highest BCUT2D eigenvalue weighted by Crippen LogP contribution is 2.29. The van der Waals surface area contributed by atoms with Crippen LogP contribution >= 0.6 is 11.8 Å². The molecule has 2 N–H and O–H groups in total. The average molecular weight is 297 g/mol. The van der Waals surface area contributed by atoms with Crippen LogP contribution in [0, 0.1) is 0 Å². The van der Waals surface area contributed by atoms with E-state index in [1.165, 1.54) is 57.8 Å². The van der Waals surface area contributed by atoms with Crippen molar-refractivity contribution >= 4 is 11.8 Å². The summed E-state index contributed by atoms with van der Waals surface area (Å²) in [6.07, 6.45) is 13.1. The summed E-state index contributed by atoms with van der Waals surface area (Å²) in [6.45, 7) is 0. The number of nitrogens with two attached hydrogens (primary N) is 1. The Balaban J connectivity index is 1.92. The van der Waals surface area contributed by atoms with Crippen LogP contribution in [0.1, 0.15) is 64.2 Å². The summed E-state index contributed by atoms with van der Waals surface area (Å²) in [5.41, 5.74) is 6.43. The van der Waals surface area contributed by atoms with E-state index in [4.69, 9.17) is 5.73 Å². The standard InChI is InChI=1S/C14H27N5S/c1-19-14(16-17-18-19)20-13-11-9-7-5-3-2-4-6-8-10-12(13)15/h12-13H,2-11,15H2,1H3. The second kappa shape index (κ2) is 8.62. The largest absolute Gasteiger partial charge is 0.327 e. The maximum absolute atomic E-state index is 6.43. The molecule has 20 heavy (non-hydrogen) atoms. The Bertz CT molecular complexity index is 381. The summed E-state index contributed by atoms with van der Waals surface area (Å²) in [7, 11) is 1.89. The number of aromatic nitrogens is 4. The minimum absolute atomic E-state index is 0.260. The first kappa shape index (κ1) is 15.8. The molecule has 1 aliphatic carbocycles. The van der Waals surface area contributed by atoms with Crippen molar-refractivity contribution in [2.75, 3.05) is 0 Å². The Labute approximate surface area is 126 Å². The number of nitrogens with zero attached hydrogens (tertiary/aromatic N) is 4. The van der Waals surface area contributed by atoms with E-state index >= 15 is 0 Å². The van der Waals surface area contributed by atoms with Gasteiger partial charge in [0, 0.05) is 18.3 Å². The van der Waals surface area contributed by atoms with Gasteiger partial charge in [-0.25, -0.2) is 4.68 Å². The molecule has 1 aromatic rings. The lowest BCUT2D eigenvalue weighted by atomic mass is 9.98. The summed E-state index contributed by atoms with van der Waals surface area (Å²) in [6, 6.07) is 0.260. The zero-order valence-electron chi connectivity index (χ0n) is 12.5. The minimum Gasteiger partial charge on any atom is -0.327 e. The van der Waals surface area contributed by atoms with Gasteiger partial charge in [0.2, 0.25) is 5.16 Å². The molecule has 0 radical (unpaired) electrons. The molecular formula is C14H27N5S. The van der Waals surface area contributed by atoms with Crippen LogP contribution in [0.25, 0.3) is 0 Å². The molecule has 1 aliphatic rings. The molecule has 0 bridgehead atoms. The average Bonchev–Trinajstić information content (AvgIpc) is 2.83. The molecule has 1 fully saturated rings. The third-order valence-corrected chi connectivity index (χ3v) is 5.54. The van der Waals surface area contributed by atoms with Crippen LogP contribution in [-0.2, 0) is 7.05 Å². The van der Waals surface area contributed by atoms with Crippen LogP contribution in [0.5, 0.6) is 0 Å². The number of hydrogen-bond donors (Lipinski definition) is 1. The number of tetrazole rings is 1. The summed E-state index contributed by atoms with van der Waals surface area (Å²) in [4.78, 5) is 0. The fraction of sp³-hybridized carbons (Fsp3) is 0.929. The molecule has 5 nitrogen and oxygen atoms in total. The van der Waals surface area contributed by atoms with Crippen LogP contribution in [0.15, 0.2) is 5.16 Å². The SMILES string of the molecule is Cn1nnnc1SC1CCCCCCCCCCC1N. The van der Waals surface area contributed by atoms with E-state index in [1.807, 2.05) is 7.05 Å². The molecule has 0 amide bonds. The number of rotatable bonds is 2. The predicted molar refractivity (Wildman–Crippen MR) is 82.6 cm³/mol. The summed E-state index contributed by atoms with van der Waals surface area (Å²) < 4.78 is 1.74. The van der Waals surface area contributed by atoms with Crippen molar-refractivity contribution in [2.45, 2.75) is 80.7 Å². The lowest BCUT2D eigenvalue weighted by Crippen LogP contribution is -2.32. The lowest BCUT2D eigenvalue weighted by molar-refractivity contribution is 0.472. The van der Waals surface area contributed by atoms with Crippen LogP contribution in [-0.4, -0.2) is 31.5 Å². The predicted octanol–water partition coefficient (Wildman–Crippen LogP) is 2.91. The molecule has 2 rings (SSSR count). The highest BCUT2D eigenvalue weighted by molar-refractivity contribution is 7.99. The summed E-state index contributed by atoms with van der Waals surface area (Å²) in [5.74, 6) is 0. The van der Waals surface area contributed by atoms with Gasteiger partial charge >= 0.3 is 0 Å². The maximum Gasteiger partial charge on any atom is 0.209 e. The quantitative estimate of drug-likeness (QED) is 0.909. The first-order chi connectivity index (χ1) is 9.77. The molecule has 6 heteroatoms. The van der Waals surface area contributed by atoms with Crippen molar-refractivity contribution in [3.8, 4) is 0 Å². The third kappa shape index (κ3) is 5.05. The van der Waals surface area contributed by atoms with Crippen molar-refractivity contribution < 1.29 is 0 Å².